The van der Waals surface area contributed by atoms with Gasteiger partial charge in [0.05, 0.1) is 4.92 Å². The van der Waals surface area contributed by atoms with E-state index in [4.69, 9.17) is 5.84 Å². The van der Waals surface area contributed by atoms with Crippen molar-refractivity contribution in [2.24, 2.45) is 5.84 Å². The van der Waals surface area contributed by atoms with E-state index >= 15 is 0 Å². The predicted octanol–water partition coefficient (Wildman–Crippen LogP) is 3.02. The van der Waals surface area contributed by atoms with Crippen LogP contribution in [-0.4, -0.2) is 11.0 Å². The first-order valence-corrected chi connectivity index (χ1v) is 6.73. The van der Waals surface area contributed by atoms with Crippen LogP contribution in [-0.2, 0) is 0 Å². The van der Waals surface area contributed by atoms with E-state index in [0.717, 1.165) is 12.8 Å². The predicted molar refractivity (Wildman–Crippen MR) is 76.0 cm³/mol. The van der Waals surface area contributed by atoms with Gasteiger partial charge in [-0.3, -0.25) is 16.0 Å². The highest BCUT2D eigenvalue weighted by Crippen LogP contribution is 2.33. The summed E-state index contributed by atoms with van der Waals surface area (Å²) in [6.45, 7) is 0. The number of nitro benzene ring substituents is 1. The Balaban J connectivity index is 2.21. The van der Waals surface area contributed by atoms with Crippen LogP contribution >= 0.6 is 0 Å². The number of hydrogen-bond acceptors (Lipinski definition) is 5. The Morgan fingerprint density at radius 3 is 2.37 bits per heavy atom. The Kier molecular flexibility index (Phi) is 4.57. The van der Waals surface area contributed by atoms with Gasteiger partial charge in [-0.2, -0.15) is 0 Å². The molecule has 1 aromatic rings. The molecule has 1 aromatic carbocycles. The summed E-state index contributed by atoms with van der Waals surface area (Å²) in [6, 6.07) is 5.43. The van der Waals surface area contributed by atoms with Gasteiger partial charge >= 0.3 is 5.69 Å². The van der Waals surface area contributed by atoms with Crippen LogP contribution in [0.1, 0.15) is 38.5 Å². The van der Waals surface area contributed by atoms with Crippen molar-refractivity contribution in [1.82, 2.24) is 0 Å². The fourth-order valence-corrected chi connectivity index (χ4v) is 2.62. The summed E-state index contributed by atoms with van der Waals surface area (Å²) in [4.78, 5) is 10.8. The van der Waals surface area contributed by atoms with Crippen molar-refractivity contribution in [2.75, 3.05) is 10.7 Å². The number of anilines is 2. The first-order chi connectivity index (χ1) is 9.22. The second-order valence-electron chi connectivity index (χ2n) is 4.94. The number of nitro groups is 1. The standard InChI is InChI=1S/C13H20N4O2/c14-16-12-9-5-8-11(13(12)17(18)19)15-10-6-3-1-2-4-7-10/h5,8-10,15-16H,1-4,6-7,14H2. The molecular weight excluding hydrogens is 244 g/mol. The first kappa shape index (κ1) is 13.6. The van der Waals surface area contributed by atoms with Crippen LogP contribution in [0.2, 0.25) is 0 Å². The van der Waals surface area contributed by atoms with E-state index in [1.54, 1.807) is 18.2 Å². The quantitative estimate of drug-likeness (QED) is 0.336. The lowest BCUT2D eigenvalue weighted by Crippen LogP contribution is -2.19. The van der Waals surface area contributed by atoms with Crippen LogP contribution in [0.25, 0.3) is 0 Å². The molecule has 1 aliphatic rings. The van der Waals surface area contributed by atoms with Crippen molar-refractivity contribution in [3.63, 3.8) is 0 Å². The molecule has 19 heavy (non-hydrogen) atoms. The molecule has 104 valence electrons. The molecule has 0 spiro atoms. The molecule has 6 nitrogen and oxygen atoms in total. The maximum atomic E-state index is 11.2. The third-order valence-electron chi connectivity index (χ3n) is 3.59. The molecule has 0 radical (unpaired) electrons. The van der Waals surface area contributed by atoms with Crippen LogP contribution in [0.15, 0.2) is 18.2 Å². The highest BCUT2D eigenvalue weighted by Gasteiger charge is 2.21. The van der Waals surface area contributed by atoms with E-state index in [0.29, 0.717) is 17.4 Å². The van der Waals surface area contributed by atoms with E-state index in [1.165, 1.54) is 25.7 Å². The molecule has 6 heteroatoms. The van der Waals surface area contributed by atoms with Crippen LogP contribution in [0, 0.1) is 10.1 Å². The maximum Gasteiger partial charge on any atom is 0.316 e. The third kappa shape index (κ3) is 3.35. The van der Waals surface area contributed by atoms with E-state index in [9.17, 15) is 10.1 Å². The molecule has 0 unspecified atom stereocenters. The fourth-order valence-electron chi connectivity index (χ4n) is 2.62. The number of para-hydroxylation sites is 1. The molecule has 1 fully saturated rings. The van der Waals surface area contributed by atoms with Crippen molar-refractivity contribution >= 4 is 17.1 Å². The lowest BCUT2D eigenvalue weighted by molar-refractivity contribution is -0.383. The summed E-state index contributed by atoms with van der Waals surface area (Å²) in [5, 5.41) is 14.5. The first-order valence-electron chi connectivity index (χ1n) is 6.73. The Bertz CT molecular complexity index is 442. The minimum absolute atomic E-state index is 0.0225. The van der Waals surface area contributed by atoms with E-state index in [2.05, 4.69) is 10.7 Å². The van der Waals surface area contributed by atoms with Gasteiger partial charge in [0.25, 0.3) is 0 Å². The number of nitrogens with two attached hydrogens (primary N) is 1. The normalized spacial score (nSPS) is 16.7. The summed E-state index contributed by atoms with van der Waals surface area (Å²) in [7, 11) is 0. The fraction of sp³-hybridized carbons (Fsp3) is 0.538. The van der Waals surface area contributed by atoms with Crippen molar-refractivity contribution in [3.8, 4) is 0 Å². The van der Waals surface area contributed by atoms with E-state index < -0.39 is 4.92 Å². The SMILES string of the molecule is NNc1cccc(NC2CCCCCC2)c1[N+](=O)[O-]. The minimum Gasteiger partial charge on any atom is -0.377 e. The van der Waals surface area contributed by atoms with Gasteiger partial charge in [0.1, 0.15) is 11.4 Å². The molecule has 0 aromatic heterocycles. The number of hydrazine groups is 1. The molecule has 0 amide bonds. The van der Waals surface area contributed by atoms with Crippen molar-refractivity contribution in [1.29, 1.82) is 0 Å². The summed E-state index contributed by atoms with van der Waals surface area (Å²) in [6.07, 6.45) is 7.00. The zero-order chi connectivity index (χ0) is 13.7. The van der Waals surface area contributed by atoms with Gasteiger partial charge in [0.15, 0.2) is 0 Å². The third-order valence-corrected chi connectivity index (χ3v) is 3.59. The van der Waals surface area contributed by atoms with Crippen LogP contribution in [0.4, 0.5) is 17.1 Å². The van der Waals surface area contributed by atoms with Crippen LogP contribution in [0.5, 0.6) is 0 Å². The van der Waals surface area contributed by atoms with Gasteiger partial charge in [0, 0.05) is 6.04 Å². The monoisotopic (exact) mass is 264 g/mol. The average Bonchev–Trinajstić information content (AvgIpc) is 2.66. The highest BCUT2D eigenvalue weighted by molar-refractivity contribution is 5.76. The summed E-state index contributed by atoms with van der Waals surface area (Å²) in [5.41, 5.74) is 3.29. The molecule has 0 atom stereocenters. The number of nitrogen functional groups attached to an aromatic ring is 1. The second kappa shape index (κ2) is 6.38. The minimum atomic E-state index is -0.395. The number of hydrogen-bond donors (Lipinski definition) is 3. The Morgan fingerprint density at radius 2 is 1.79 bits per heavy atom. The Morgan fingerprint density at radius 1 is 1.16 bits per heavy atom. The Hall–Kier alpha value is -1.82. The lowest BCUT2D eigenvalue weighted by atomic mass is 10.1. The smallest absolute Gasteiger partial charge is 0.316 e. The van der Waals surface area contributed by atoms with Gasteiger partial charge in [-0.25, -0.2) is 0 Å². The van der Waals surface area contributed by atoms with Crippen LogP contribution in [0.3, 0.4) is 0 Å². The number of rotatable bonds is 4. The zero-order valence-corrected chi connectivity index (χ0v) is 10.9. The number of benzene rings is 1. The van der Waals surface area contributed by atoms with Crippen molar-refractivity contribution < 1.29 is 4.92 Å². The second-order valence-corrected chi connectivity index (χ2v) is 4.94. The molecule has 1 saturated carbocycles. The number of nitrogens with zero attached hydrogens (tertiary/aromatic N) is 1. The van der Waals surface area contributed by atoms with Gasteiger partial charge in [-0.15, -0.1) is 0 Å². The summed E-state index contributed by atoms with van der Waals surface area (Å²) < 4.78 is 0. The molecule has 2 rings (SSSR count). The molecule has 1 aliphatic carbocycles. The highest BCUT2D eigenvalue weighted by atomic mass is 16.6. The molecule has 0 saturated heterocycles. The summed E-state index contributed by atoms with van der Waals surface area (Å²) >= 11 is 0. The lowest BCUT2D eigenvalue weighted by Gasteiger charge is -2.18. The largest absolute Gasteiger partial charge is 0.377 e. The molecular formula is C13H20N4O2. The number of nitrogens with one attached hydrogen (secondary N) is 2. The topological polar surface area (TPSA) is 93.2 Å². The van der Waals surface area contributed by atoms with Gasteiger partial charge in [-0.05, 0) is 25.0 Å². The van der Waals surface area contributed by atoms with Gasteiger partial charge in [-0.1, -0.05) is 31.7 Å². The average molecular weight is 264 g/mol. The van der Waals surface area contributed by atoms with Crippen LogP contribution < -0.4 is 16.6 Å². The van der Waals surface area contributed by atoms with Gasteiger partial charge in [0.2, 0.25) is 0 Å². The van der Waals surface area contributed by atoms with Crippen molar-refractivity contribution in [3.05, 3.63) is 28.3 Å². The summed E-state index contributed by atoms with van der Waals surface area (Å²) in [5.74, 6) is 5.33. The zero-order valence-electron chi connectivity index (χ0n) is 10.9. The van der Waals surface area contributed by atoms with Gasteiger partial charge < -0.3 is 10.7 Å². The molecule has 0 heterocycles. The molecule has 0 aliphatic heterocycles. The van der Waals surface area contributed by atoms with Crippen molar-refractivity contribution in [2.45, 2.75) is 44.6 Å². The Labute approximate surface area is 112 Å². The van der Waals surface area contributed by atoms with E-state index in [-0.39, 0.29) is 5.69 Å². The maximum absolute atomic E-state index is 11.2. The molecule has 0 bridgehead atoms. The van der Waals surface area contributed by atoms with E-state index in [1.807, 2.05) is 0 Å². The molecule has 4 N–H and O–H groups in total.